The second kappa shape index (κ2) is 8.21. The molecule has 3 heterocycles. The number of amides is 1. The second-order valence-electron chi connectivity index (χ2n) is 4.77. The SMILES string of the molecule is COc1nc(OC)nc(Sc2ccc(C(=O)Nc3cccnc3)cn2)n1. The molecule has 1 N–H and O–H groups in total. The van der Waals surface area contributed by atoms with Crippen molar-refractivity contribution in [3.8, 4) is 12.0 Å². The number of nitrogens with one attached hydrogen (secondary N) is 1. The van der Waals surface area contributed by atoms with Crippen molar-refractivity contribution in [2.75, 3.05) is 19.5 Å². The van der Waals surface area contributed by atoms with Crippen LogP contribution < -0.4 is 14.8 Å². The van der Waals surface area contributed by atoms with Crippen LogP contribution in [0.15, 0.2) is 53.0 Å². The molecule has 3 rings (SSSR count). The van der Waals surface area contributed by atoms with Crippen LogP contribution in [-0.4, -0.2) is 45.0 Å². The van der Waals surface area contributed by atoms with Gasteiger partial charge in [0.2, 0.25) is 5.16 Å². The summed E-state index contributed by atoms with van der Waals surface area (Å²) < 4.78 is 10.0. The molecule has 26 heavy (non-hydrogen) atoms. The van der Waals surface area contributed by atoms with Crippen LogP contribution in [0.3, 0.4) is 0 Å². The molecular formula is C16H14N6O3S. The van der Waals surface area contributed by atoms with Gasteiger partial charge in [0.25, 0.3) is 5.91 Å². The minimum Gasteiger partial charge on any atom is -0.467 e. The van der Waals surface area contributed by atoms with Crippen molar-refractivity contribution in [1.29, 1.82) is 0 Å². The van der Waals surface area contributed by atoms with E-state index in [1.165, 1.54) is 32.2 Å². The van der Waals surface area contributed by atoms with Crippen LogP contribution in [0.1, 0.15) is 10.4 Å². The van der Waals surface area contributed by atoms with Gasteiger partial charge in [-0.2, -0.15) is 9.97 Å². The Balaban J connectivity index is 1.71. The van der Waals surface area contributed by atoms with E-state index >= 15 is 0 Å². The standard InChI is InChI=1S/C16H14N6O3S/c1-24-14-20-15(25-2)22-16(21-14)26-12-6-5-10(8-18-12)13(23)19-11-4-3-7-17-9-11/h3-9H,1-2H3,(H,19,23). The average molecular weight is 370 g/mol. The molecule has 9 nitrogen and oxygen atoms in total. The molecule has 0 radical (unpaired) electrons. The molecule has 0 unspecified atom stereocenters. The Morgan fingerprint density at radius 3 is 2.38 bits per heavy atom. The first-order valence-electron chi connectivity index (χ1n) is 7.37. The smallest absolute Gasteiger partial charge is 0.323 e. The molecule has 0 aliphatic rings. The number of pyridine rings is 2. The Labute approximate surface area is 153 Å². The van der Waals surface area contributed by atoms with Crippen molar-refractivity contribution in [2.24, 2.45) is 0 Å². The van der Waals surface area contributed by atoms with Gasteiger partial charge in [0.05, 0.1) is 31.7 Å². The van der Waals surface area contributed by atoms with Crippen LogP contribution in [0.5, 0.6) is 12.0 Å². The van der Waals surface area contributed by atoms with E-state index in [1.54, 1.807) is 36.7 Å². The minimum atomic E-state index is -0.273. The highest BCUT2D eigenvalue weighted by atomic mass is 32.2. The second-order valence-corrected chi connectivity index (χ2v) is 5.76. The lowest BCUT2D eigenvalue weighted by atomic mass is 10.2. The number of hydrogen-bond acceptors (Lipinski definition) is 9. The highest BCUT2D eigenvalue weighted by Gasteiger charge is 2.11. The van der Waals surface area contributed by atoms with E-state index in [1.807, 2.05) is 0 Å². The van der Waals surface area contributed by atoms with Gasteiger partial charge in [-0.1, -0.05) is 0 Å². The Morgan fingerprint density at radius 1 is 1.04 bits per heavy atom. The molecule has 0 fully saturated rings. The van der Waals surface area contributed by atoms with E-state index in [9.17, 15) is 4.79 Å². The van der Waals surface area contributed by atoms with Crippen molar-refractivity contribution >= 4 is 23.4 Å². The molecule has 0 saturated heterocycles. The molecular weight excluding hydrogens is 356 g/mol. The van der Waals surface area contributed by atoms with E-state index in [-0.39, 0.29) is 17.9 Å². The molecule has 0 spiro atoms. The normalized spacial score (nSPS) is 10.2. The van der Waals surface area contributed by atoms with E-state index in [0.717, 1.165) is 0 Å². The Bertz CT molecular complexity index is 870. The monoisotopic (exact) mass is 370 g/mol. The highest BCUT2D eigenvalue weighted by molar-refractivity contribution is 7.99. The summed E-state index contributed by atoms with van der Waals surface area (Å²) in [6.45, 7) is 0. The van der Waals surface area contributed by atoms with Crippen LogP contribution in [0.25, 0.3) is 0 Å². The summed E-state index contributed by atoms with van der Waals surface area (Å²) in [6, 6.07) is 7.15. The first-order valence-corrected chi connectivity index (χ1v) is 8.19. The predicted octanol–water partition coefficient (Wildman–Crippen LogP) is 2.08. The van der Waals surface area contributed by atoms with Crippen LogP contribution >= 0.6 is 11.8 Å². The fourth-order valence-electron chi connectivity index (χ4n) is 1.86. The van der Waals surface area contributed by atoms with Crippen molar-refractivity contribution in [1.82, 2.24) is 24.9 Å². The number of aromatic nitrogens is 5. The van der Waals surface area contributed by atoms with E-state index < -0.39 is 0 Å². The molecule has 1 amide bonds. The van der Waals surface area contributed by atoms with E-state index in [4.69, 9.17) is 9.47 Å². The van der Waals surface area contributed by atoms with Crippen molar-refractivity contribution in [3.05, 3.63) is 48.4 Å². The van der Waals surface area contributed by atoms with Crippen LogP contribution in [0.2, 0.25) is 0 Å². The largest absolute Gasteiger partial charge is 0.467 e. The third-order valence-corrected chi connectivity index (χ3v) is 3.87. The van der Waals surface area contributed by atoms with Crippen LogP contribution in [0.4, 0.5) is 5.69 Å². The Hall–Kier alpha value is -3.27. The number of carbonyl (C=O) groups is 1. The molecule has 3 aromatic heterocycles. The molecule has 132 valence electrons. The summed E-state index contributed by atoms with van der Waals surface area (Å²) in [7, 11) is 2.91. The molecule has 0 bridgehead atoms. The van der Waals surface area contributed by atoms with Gasteiger partial charge in [0, 0.05) is 12.4 Å². The first-order chi connectivity index (χ1) is 12.7. The van der Waals surface area contributed by atoms with Gasteiger partial charge in [-0.15, -0.1) is 4.98 Å². The molecule has 0 aromatic carbocycles. The maximum Gasteiger partial charge on any atom is 0.323 e. The lowest BCUT2D eigenvalue weighted by molar-refractivity contribution is 0.102. The van der Waals surface area contributed by atoms with Crippen LogP contribution in [-0.2, 0) is 0 Å². The third-order valence-electron chi connectivity index (χ3n) is 3.05. The quantitative estimate of drug-likeness (QED) is 0.697. The fraction of sp³-hybridized carbons (Fsp3) is 0.125. The first kappa shape index (κ1) is 17.5. The molecule has 0 atom stereocenters. The number of ether oxygens (including phenoxy) is 2. The van der Waals surface area contributed by atoms with Gasteiger partial charge in [0.15, 0.2) is 0 Å². The zero-order valence-corrected chi connectivity index (χ0v) is 14.7. The van der Waals surface area contributed by atoms with Gasteiger partial charge < -0.3 is 14.8 Å². The summed E-state index contributed by atoms with van der Waals surface area (Å²) in [5.41, 5.74) is 1.03. The Morgan fingerprint density at radius 2 is 1.81 bits per heavy atom. The van der Waals surface area contributed by atoms with Crippen molar-refractivity contribution < 1.29 is 14.3 Å². The van der Waals surface area contributed by atoms with E-state index in [0.29, 0.717) is 21.4 Å². The number of rotatable bonds is 6. The predicted molar refractivity (Wildman–Crippen MR) is 93.5 cm³/mol. The summed E-state index contributed by atoms with van der Waals surface area (Å²) in [5.74, 6) is -0.273. The number of carbonyl (C=O) groups excluding carboxylic acids is 1. The molecule has 0 saturated carbocycles. The van der Waals surface area contributed by atoms with Gasteiger partial charge in [-0.05, 0) is 36.0 Å². The van der Waals surface area contributed by atoms with Gasteiger partial charge in [-0.25, -0.2) is 4.98 Å². The lowest BCUT2D eigenvalue weighted by Gasteiger charge is -2.06. The molecule has 0 aliphatic heterocycles. The summed E-state index contributed by atoms with van der Waals surface area (Å²) in [5, 5.41) is 3.72. The van der Waals surface area contributed by atoms with E-state index in [2.05, 4.69) is 30.2 Å². The summed E-state index contributed by atoms with van der Waals surface area (Å²) in [4.78, 5) is 32.6. The maximum absolute atomic E-state index is 12.2. The lowest BCUT2D eigenvalue weighted by Crippen LogP contribution is -2.12. The average Bonchev–Trinajstić information content (AvgIpc) is 2.69. The zero-order valence-electron chi connectivity index (χ0n) is 13.9. The van der Waals surface area contributed by atoms with Gasteiger partial charge in [0.1, 0.15) is 5.03 Å². The number of anilines is 1. The molecule has 3 aromatic rings. The number of methoxy groups -OCH3 is 2. The minimum absolute atomic E-state index is 0.145. The van der Waals surface area contributed by atoms with Crippen molar-refractivity contribution in [3.63, 3.8) is 0 Å². The number of hydrogen-bond donors (Lipinski definition) is 1. The number of nitrogens with zero attached hydrogens (tertiary/aromatic N) is 5. The third kappa shape index (κ3) is 4.42. The Kier molecular flexibility index (Phi) is 5.54. The van der Waals surface area contributed by atoms with Crippen molar-refractivity contribution in [2.45, 2.75) is 10.2 Å². The fourth-order valence-corrected chi connectivity index (χ4v) is 2.53. The maximum atomic E-state index is 12.2. The zero-order chi connectivity index (χ0) is 18.4. The summed E-state index contributed by atoms with van der Waals surface area (Å²) >= 11 is 1.20. The van der Waals surface area contributed by atoms with Gasteiger partial charge >= 0.3 is 12.0 Å². The summed E-state index contributed by atoms with van der Waals surface area (Å²) in [6.07, 6.45) is 4.68. The van der Waals surface area contributed by atoms with Gasteiger partial charge in [-0.3, -0.25) is 9.78 Å². The molecule has 0 aliphatic carbocycles. The topological polar surface area (TPSA) is 112 Å². The molecule has 10 heteroatoms. The highest BCUT2D eigenvalue weighted by Crippen LogP contribution is 2.25. The van der Waals surface area contributed by atoms with Crippen LogP contribution in [0, 0.1) is 0 Å².